The van der Waals surface area contributed by atoms with Crippen molar-refractivity contribution < 1.29 is 23.4 Å². The van der Waals surface area contributed by atoms with E-state index in [9.17, 15) is 14.3 Å². The van der Waals surface area contributed by atoms with Gasteiger partial charge in [-0.25, -0.2) is 18.6 Å². The van der Waals surface area contributed by atoms with E-state index in [-0.39, 0.29) is 11.3 Å². The number of aromatic nitrogens is 3. The molecule has 0 unspecified atom stereocenters. The minimum Gasteiger partial charge on any atom is -0.478 e. The third-order valence-corrected chi connectivity index (χ3v) is 6.30. The molecule has 0 bridgehead atoms. The van der Waals surface area contributed by atoms with Crippen molar-refractivity contribution in [2.24, 2.45) is 0 Å². The number of aromatic carboxylic acids is 1. The maximum absolute atomic E-state index is 15.0. The highest BCUT2D eigenvalue weighted by Gasteiger charge is 2.21. The van der Waals surface area contributed by atoms with E-state index in [0.717, 1.165) is 33.9 Å². The van der Waals surface area contributed by atoms with Gasteiger partial charge in [-0.15, -0.1) is 0 Å². The van der Waals surface area contributed by atoms with Crippen LogP contribution in [-0.2, 0) is 17.8 Å². The molecule has 0 aliphatic heterocycles. The van der Waals surface area contributed by atoms with Crippen molar-refractivity contribution in [1.82, 2.24) is 14.1 Å². The van der Waals surface area contributed by atoms with Crippen LogP contribution in [0.1, 0.15) is 22.8 Å². The molecule has 0 aliphatic carbocycles. The molecule has 0 atom stereocenters. The predicted molar refractivity (Wildman–Crippen MR) is 127 cm³/mol. The Morgan fingerprint density at radius 1 is 1.06 bits per heavy atom. The molecule has 5 rings (SSSR count). The number of carbonyl (C=O) groups is 1. The second-order valence-corrected chi connectivity index (χ2v) is 8.27. The summed E-state index contributed by atoms with van der Waals surface area (Å²) in [4.78, 5) is 15.9. The summed E-state index contributed by atoms with van der Waals surface area (Å²) in [6.07, 6.45) is 0. The quantitative estimate of drug-likeness (QED) is 0.348. The number of halogens is 2. The van der Waals surface area contributed by atoms with Gasteiger partial charge in [0.25, 0.3) is 0 Å². The van der Waals surface area contributed by atoms with Crippen LogP contribution in [0.5, 0.6) is 0 Å². The summed E-state index contributed by atoms with van der Waals surface area (Å²) < 4.78 is 38.5. The Hall–Kier alpha value is -3.78. The first-order valence-electron chi connectivity index (χ1n) is 11.0. The Kier molecular flexibility index (Phi) is 5.32. The molecular formula is C26H23F2N3O3. The lowest BCUT2D eigenvalue weighted by molar-refractivity contribution is 0.0692. The lowest BCUT2D eigenvalue weighted by Crippen LogP contribution is -2.06. The molecule has 0 saturated heterocycles. The van der Waals surface area contributed by atoms with E-state index in [1.54, 1.807) is 13.2 Å². The fourth-order valence-electron chi connectivity index (χ4n) is 4.83. The first kappa shape index (κ1) is 22.0. The maximum Gasteiger partial charge on any atom is 0.338 e. The second kappa shape index (κ2) is 8.22. The zero-order chi connectivity index (χ0) is 24.1. The summed E-state index contributed by atoms with van der Waals surface area (Å²) in [6.45, 7) is 5.42. The lowest BCUT2D eigenvalue weighted by Gasteiger charge is -2.10. The number of nitrogens with zero attached hydrogens (tertiary/aromatic N) is 3. The molecule has 0 saturated carbocycles. The first-order chi connectivity index (χ1) is 16.3. The Morgan fingerprint density at radius 2 is 1.82 bits per heavy atom. The Balaban J connectivity index is 1.81. The highest BCUT2D eigenvalue weighted by molar-refractivity contribution is 6.10. The van der Waals surface area contributed by atoms with Crippen LogP contribution in [0.25, 0.3) is 44.2 Å². The molecule has 1 N–H and O–H groups in total. The van der Waals surface area contributed by atoms with Crippen LogP contribution in [0, 0.1) is 18.6 Å². The van der Waals surface area contributed by atoms with Gasteiger partial charge >= 0.3 is 5.97 Å². The van der Waals surface area contributed by atoms with Gasteiger partial charge in [-0.05, 0) is 61.9 Å². The molecule has 3 aromatic carbocycles. The number of hydrogen-bond acceptors (Lipinski definition) is 3. The fraction of sp³-hybridized carbons (Fsp3) is 0.231. The van der Waals surface area contributed by atoms with Gasteiger partial charge in [0.05, 0.1) is 23.2 Å². The number of ether oxygens (including phenoxy) is 1. The third-order valence-electron chi connectivity index (χ3n) is 6.30. The Bertz CT molecular complexity index is 1600. The molecular weight excluding hydrogens is 440 g/mol. The lowest BCUT2D eigenvalue weighted by atomic mass is 10.1. The van der Waals surface area contributed by atoms with Crippen LogP contribution in [-0.4, -0.2) is 38.9 Å². The summed E-state index contributed by atoms with van der Waals surface area (Å²) in [5.74, 6) is -2.04. The number of methoxy groups -OCH3 is 1. The van der Waals surface area contributed by atoms with Crippen LogP contribution < -0.4 is 0 Å². The molecule has 0 aliphatic rings. The molecule has 0 amide bonds. The van der Waals surface area contributed by atoms with Crippen molar-refractivity contribution in [3.8, 4) is 11.4 Å². The minimum absolute atomic E-state index is 0.0102. The predicted octanol–water partition coefficient (Wildman–Crippen LogP) is 5.76. The minimum atomic E-state index is -1.35. The first-order valence-corrected chi connectivity index (χ1v) is 11.0. The van der Waals surface area contributed by atoms with E-state index >= 15 is 4.39 Å². The third kappa shape index (κ3) is 3.25. The monoisotopic (exact) mass is 463 g/mol. The van der Waals surface area contributed by atoms with Gasteiger partial charge in [-0.1, -0.05) is 0 Å². The molecule has 6 nitrogen and oxygen atoms in total. The molecule has 174 valence electrons. The SMILES string of the molecule is CCn1c2ccc(-c3nc4c(F)c(C(=O)O)ccc4n3CCOC)cc2c2cc(F)cc(C)c21. The van der Waals surface area contributed by atoms with Gasteiger partial charge in [0.2, 0.25) is 0 Å². The molecule has 0 fully saturated rings. The molecule has 2 heterocycles. The van der Waals surface area contributed by atoms with Crippen molar-refractivity contribution in [3.05, 3.63) is 65.2 Å². The van der Waals surface area contributed by atoms with Gasteiger partial charge in [-0.3, -0.25) is 0 Å². The molecule has 8 heteroatoms. The summed E-state index contributed by atoms with van der Waals surface area (Å²) in [5, 5.41) is 11.0. The number of fused-ring (bicyclic) bond motifs is 4. The summed E-state index contributed by atoms with van der Waals surface area (Å²) in [7, 11) is 1.57. The highest BCUT2D eigenvalue weighted by Crippen LogP contribution is 2.36. The zero-order valence-corrected chi connectivity index (χ0v) is 19.0. The molecule has 0 spiro atoms. The zero-order valence-electron chi connectivity index (χ0n) is 19.0. The normalized spacial score (nSPS) is 11.8. The number of rotatable bonds is 6. The number of aryl methyl sites for hydroxylation is 2. The molecule has 5 aromatic rings. The van der Waals surface area contributed by atoms with Gasteiger partial charge in [0.15, 0.2) is 5.82 Å². The average molecular weight is 463 g/mol. The van der Waals surface area contributed by atoms with Crippen molar-refractivity contribution >= 4 is 38.8 Å². The van der Waals surface area contributed by atoms with Crippen LogP contribution in [0.4, 0.5) is 8.78 Å². The van der Waals surface area contributed by atoms with E-state index in [1.165, 1.54) is 18.2 Å². The van der Waals surface area contributed by atoms with Crippen LogP contribution in [0.2, 0.25) is 0 Å². The van der Waals surface area contributed by atoms with Crippen LogP contribution in [0.3, 0.4) is 0 Å². The van der Waals surface area contributed by atoms with Crippen molar-refractivity contribution in [2.45, 2.75) is 26.9 Å². The Morgan fingerprint density at radius 3 is 2.53 bits per heavy atom. The fourth-order valence-corrected chi connectivity index (χ4v) is 4.83. The van der Waals surface area contributed by atoms with Crippen LogP contribution in [0.15, 0.2) is 42.5 Å². The number of hydrogen-bond donors (Lipinski definition) is 1. The number of carboxylic acids is 1. The van der Waals surface area contributed by atoms with E-state index < -0.39 is 17.3 Å². The van der Waals surface area contributed by atoms with E-state index in [0.29, 0.717) is 30.1 Å². The standard InChI is InChI=1S/C26H23F2N3O3/c1-4-30-20-7-5-15(12-18(20)19-13-16(27)11-14(2)24(19)30)25-29-23-21(31(25)9-10-34-3)8-6-17(22(23)28)26(32)33/h5-8,11-13H,4,9-10H2,1-3H3,(H,32,33). The van der Waals surface area contributed by atoms with Crippen molar-refractivity contribution in [2.75, 3.05) is 13.7 Å². The van der Waals surface area contributed by atoms with Gasteiger partial charge in [-0.2, -0.15) is 0 Å². The number of imidazole rings is 1. The summed E-state index contributed by atoms with van der Waals surface area (Å²) in [6, 6.07) is 11.7. The van der Waals surface area contributed by atoms with E-state index in [2.05, 4.69) is 9.55 Å². The van der Waals surface area contributed by atoms with Crippen molar-refractivity contribution in [1.29, 1.82) is 0 Å². The van der Waals surface area contributed by atoms with Gasteiger partial charge < -0.3 is 19.0 Å². The smallest absolute Gasteiger partial charge is 0.338 e. The highest BCUT2D eigenvalue weighted by atomic mass is 19.1. The topological polar surface area (TPSA) is 69.3 Å². The van der Waals surface area contributed by atoms with Gasteiger partial charge in [0, 0.05) is 42.1 Å². The second-order valence-electron chi connectivity index (χ2n) is 8.27. The average Bonchev–Trinajstić information content (AvgIpc) is 3.33. The molecule has 2 aromatic heterocycles. The van der Waals surface area contributed by atoms with E-state index in [1.807, 2.05) is 36.6 Å². The number of carboxylic acid groups (broad SMARTS) is 1. The summed E-state index contributed by atoms with van der Waals surface area (Å²) in [5.41, 5.74) is 3.55. The van der Waals surface area contributed by atoms with Crippen molar-refractivity contribution in [3.63, 3.8) is 0 Å². The molecule has 0 radical (unpaired) electrons. The van der Waals surface area contributed by atoms with Crippen LogP contribution >= 0.6 is 0 Å². The van der Waals surface area contributed by atoms with Gasteiger partial charge in [0.1, 0.15) is 17.2 Å². The Labute approximate surface area is 194 Å². The molecule has 34 heavy (non-hydrogen) atoms. The maximum atomic E-state index is 15.0. The van der Waals surface area contributed by atoms with E-state index in [4.69, 9.17) is 4.74 Å². The largest absolute Gasteiger partial charge is 0.478 e. The summed E-state index contributed by atoms with van der Waals surface area (Å²) >= 11 is 0. The number of benzene rings is 3.